The molecule has 24 heavy (non-hydrogen) atoms. The van der Waals surface area contributed by atoms with E-state index in [4.69, 9.17) is 15.7 Å². The first-order valence-electron chi connectivity index (χ1n) is 6.91. The molecule has 3 heterocycles. The van der Waals surface area contributed by atoms with Gasteiger partial charge in [0, 0.05) is 6.54 Å². The highest BCUT2D eigenvalue weighted by atomic mass is 32.3. The summed E-state index contributed by atoms with van der Waals surface area (Å²) < 4.78 is 34.9. The van der Waals surface area contributed by atoms with Gasteiger partial charge in [0.05, 0.1) is 18.6 Å². The third-order valence-electron chi connectivity index (χ3n) is 3.69. The quantitative estimate of drug-likeness (QED) is 0.291. The second-order valence-electron chi connectivity index (χ2n) is 5.31. The van der Waals surface area contributed by atoms with Crippen molar-refractivity contribution in [2.45, 2.75) is 31.5 Å². The maximum atomic E-state index is 12.3. The van der Waals surface area contributed by atoms with Crippen LogP contribution in [0.2, 0.25) is 0 Å². The average molecular weight is 377 g/mol. The van der Waals surface area contributed by atoms with Crippen LogP contribution in [-0.4, -0.2) is 57.7 Å². The van der Waals surface area contributed by atoms with Crippen LogP contribution in [0.25, 0.3) is 0 Å². The van der Waals surface area contributed by atoms with Gasteiger partial charge in [-0.1, -0.05) is 11.3 Å². The average Bonchev–Trinajstić information content (AvgIpc) is 3.04. The first kappa shape index (κ1) is 16.8. The molecular formula is C10H15N7O5S2. The molecule has 0 aliphatic carbocycles. The molecule has 0 radical (unpaired) electrons. The van der Waals surface area contributed by atoms with E-state index < -0.39 is 22.5 Å². The lowest BCUT2D eigenvalue weighted by Crippen LogP contribution is -2.35. The maximum absolute atomic E-state index is 12.3. The van der Waals surface area contributed by atoms with E-state index in [0.29, 0.717) is 27.9 Å². The normalized spacial score (nSPS) is 23.6. The summed E-state index contributed by atoms with van der Waals surface area (Å²) >= 11 is 1.28. The fourth-order valence-corrected chi connectivity index (χ4v) is 4.05. The van der Waals surface area contributed by atoms with E-state index in [2.05, 4.69) is 19.8 Å². The van der Waals surface area contributed by atoms with Gasteiger partial charge in [-0.25, -0.2) is 4.79 Å². The number of hydroxylamine groups is 2. The Hall–Kier alpha value is -2.03. The zero-order valence-electron chi connectivity index (χ0n) is 12.2. The van der Waals surface area contributed by atoms with Gasteiger partial charge < -0.3 is 16.0 Å². The topological polar surface area (TPSA) is 175 Å². The molecule has 0 unspecified atom stereocenters. The van der Waals surface area contributed by atoms with Crippen molar-refractivity contribution in [3.8, 4) is 0 Å². The van der Waals surface area contributed by atoms with Crippen LogP contribution in [-0.2, 0) is 21.2 Å². The predicted molar refractivity (Wildman–Crippen MR) is 81.0 cm³/mol. The fourth-order valence-electron chi connectivity index (χ4n) is 2.73. The fraction of sp³-hybridized carbons (Fsp3) is 0.600. The van der Waals surface area contributed by atoms with Gasteiger partial charge >= 0.3 is 16.4 Å². The van der Waals surface area contributed by atoms with E-state index in [1.807, 2.05) is 0 Å². The number of aromatic nitrogens is 2. The number of rotatable bonds is 5. The minimum Gasteiger partial charge on any atom is -0.370 e. The molecule has 1 aromatic heterocycles. The number of carbonyl (C=O) groups is 1. The molecule has 14 heteroatoms. The van der Waals surface area contributed by atoms with E-state index in [1.54, 1.807) is 0 Å². The standard InChI is InChI=1S/C10H15N7O5S2/c11-9(12)13-3-7-14-15-8(23-7)6-2-1-5-4-16(6)10(18)17(5)22-24(19,20)21/h5-6H,1-4H2,(H4,11,12,13)(H,19,20,21)/t5-,6-/m0/s1. The SMILES string of the molecule is N=C(N)NCc1nnc([C@@H]2CC[C@H]3CN2C(=O)N3OS(=O)(=O)O)s1. The number of carbonyl (C=O) groups excluding carboxylic acids is 1. The van der Waals surface area contributed by atoms with Gasteiger partial charge in [-0.2, -0.15) is 13.5 Å². The minimum absolute atomic E-state index is 0.181. The Morgan fingerprint density at radius 3 is 2.92 bits per heavy atom. The molecule has 2 fully saturated rings. The van der Waals surface area contributed by atoms with Crippen LogP contribution in [0.3, 0.4) is 0 Å². The van der Waals surface area contributed by atoms with Crippen molar-refractivity contribution in [1.29, 1.82) is 5.41 Å². The summed E-state index contributed by atoms with van der Waals surface area (Å²) in [5.41, 5.74) is 5.21. The molecule has 1 aromatic rings. The lowest BCUT2D eigenvalue weighted by Gasteiger charge is -2.28. The van der Waals surface area contributed by atoms with Crippen LogP contribution in [0.15, 0.2) is 0 Å². The first-order valence-corrected chi connectivity index (χ1v) is 9.10. The van der Waals surface area contributed by atoms with Crippen LogP contribution >= 0.6 is 11.3 Å². The van der Waals surface area contributed by atoms with Crippen molar-refractivity contribution in [1.82, 2.24) is 25.5 Å². The summed E-state index contributed by atoms with van der Waals surface area (Å²) in [5.74, 6) is -0.181. The zero-order chi connectivity index (χ0) is 17.5. The Balaban J connectivity index is 1.73. The largest absolute Gasteiger partial charge is 0.418 e. The van der Waals surface area contributed by atoms with Crippen LogP contribution in [0.5, 0.6) is 0 Å². The highest BCUT2D eigenvalue weighted by Gasteiger charge is 2.48. The van der Waals surface area contributed by atoms with Crippen molar-refractivity contribution < 1.29 is 22.0 Å². The highest BCUT2D eigenvalue weighted by molar-refractivity contribution is 7.80. The van der Waals surface area contributed by atoms with Gasteiger partial charge in [-0.05, 0) is 12.8 Å². The Kier molecular flexibility index (Phi) is 4.29. The van der Waals surface area contributed by atoms with Gasteiger partial charge in [-0.15, -0.1) is 14.5 Å². The molecule has 132 valence electrons. The third kappa shape index (κ3) is 3.40. The molecule has 2 saturated heterocycles. The molecule has 2 amide bonds. The van der Waals surface area contributed by atoms with Gasteiger partial charge in [0.25, 0.3) is 0 Å². The number of hydrogen-bond acceptors (Lipinski definition) is 8. The van der Waals surface area contributed by atoms with Crippen molar-refractivity contribution >= 4 is 33.7 Å². The van der Waals surface area contributed by atoms with Gasteiger partial charge in [-0.3, -0.25) is 9.96 Å². The summed E-state index contributed by atoms with van der Waals surface area (Å²) in [5, 5.41) is 19.7. The van der Waals surface area contributed by atoms with Crippen LogP contribution in [0.1, 0.15) is 28.9 Å². The van der Waals surface area contributed by atoms with E-state index in [0.717, 1.165) is 0 Å². The van der Waals surface area contributed by atoms with E-state index in [1.165, 1.54) is 16.2 Å². The van der Waals surface area contributed by atoms with Crippen molar-refractivity contribution in [3.05, 3.63) is 10.0 Å². The van der Waals surface area contributed by atoms with Crippen molar-refractivity contribution in [2.75, 3.05) is 6.54 Å². The van der Waals surface area contributed by atoms with Crippen LogP contribution in [0.4, 0.5) is 4.79 Å². The Bertz CT molecular complexity index is 765. The molecule has 2 bridgehead atoms. The molecule has 2 atom stereocenters. The Labute approximate surface area is 141 Å². The highest BCUT2D eigenvalue weighted by Crippen LogP contribution is 2.39. The number of amides is 2. The summed E-state index contributed by atoms with van der Waals surface area (Å²) in [7, 11) is -4.76. The molecule has 0 aromatic carbocycles. The monoisotopic (exact) mass is 377 g/mol. The zero-order valence-corrected chi connectivity index (χ0v) is 13.9. The number of hydrogen-bond donors (Lipinski definition) is 4. The van der Waals surface area contributed by atoms with Gasteiger partial charge in [0.1, 0.15) is 10.0 Å². The Morgan fingerprint density at radius 2 is 2.25 bits per heavy atom. The maximum Gasteiger partial charge on any atom is 0.418 e. The minimum atomic E-state index is -4.76. The Morgan fingerprint density at radius 1 is 1.50 bits per heavy atom. The molecule has 0 saturated carbocycles. The number of fused-ring (bicyclic) bond motifs is 2. The van der Waals surface area contributed by atoms with Gasteiger partial charge in [0.15, 0.2) is 5.96 Å². The first-order chi connectivity index (χ1) is 11.2. The van der Waals surface area contributed by atoms with Crippen LogP contribution in [0, 0.1) is 5.41 Å². The van der Waals surface area contributed by atoms with Crippen molar-refractivity contribution in [2.24, 2.45) is 5.73 Å². The molecule has 12 nitrogen and oxygen atoms in total. The lowest BCUT2D eigenvalue weighted by atomic mass is 10.0. The number of nitrogens with two attached hydrogens (primary N) is 1. The molecular weight excluding hydrogens is 362 g/mol. The predicted octanol–water partition coefficient (Wildman–Crippen LogP) is -0.803. The second kappa shape index (κ2) is 6.12. The summed E-state index contributed by atoms with van der Waals surface area (Å²) in [6.45, 7) is 0.536. The van der Waals surface area contributed by atoms with E-state index in [9.17, 15) is 13.2 Å². The number of nitrogens with one attached hydrogen (secondary N) is 2. The number of guanidine groups is 1. The molecule has 2 aliphatic rings. The second-order valence-corrected chi connectivity index (χ2v) is 7.41. The number of urea groups is 1. The third-order valence-corrected chi connectivity index (χ3v) is 5.07. The number of nitrogens with zero attached hydrogens (tertiary/aromatic N) is 4. The lowest BCUT2D eigenvalue weighted by molar-refractivity contribution is -0.0317. The molecule has 5 N–H and O–H groups in total. The summed E-state index contributed by atoms with van der Waals surface area (Å²) in [4.78, 5) is 13.8. The number of piperidine rings is 1. The summed E-state index contributed by atoms with van der Waals surface area (Å²) in [6.07, 6.45) is 1.07. The molecule has 3 rings (SSSR count). The van der Waals surface area contributed by atoms with Gasteiger partial charge in [0.2, 0.25) is 0 Å². The van der Waals surface area contributed by atoms with E-state index >= 15 is 0 Å². The molecule has 0 spiro atoms. The van der Waals surface area contributed by atoms with Crippen molar-refractivity contribution in [3.63, 3.8) is 0 Å². The van der Waals surface area contributed by atoms with E-state index in [-0.39, 0.29) is 25.1 Å². The smallest absolute Gasteiger partial charge is 0.370 e. The summed E-state index contributed by atoms with van der Waals surface area (Å²) in [6, 6.07) is -1.42. The molecule has 2 aliphatic heterocycles. The van der Waals surface area contributed by atoms with Crippen LogP contribution < -0.4 is 11.1 Å².